The molecule has 8 nitrogen and oxygen atoms in total. The molecule has 0 bridgehead atoms. The van der Waals surface area contributed by atoms with Crippen molar-refractivity contribution in [2.75, 3.05) is 31.0 Å². The number of hydrogen-bond acceptors (Lipinski definition) is 7. The van der Waals surface area contributed by atoms with Gasteiger partial charge in [-0.15, -0.1) is 0 Å². The molecule has 104 valence electrons. The molecule has 0 saturated heterocycles. The van der Waals surface area contributed by atoms with Crippen LogP contribution in [-0.2, 0) is 4.74 Å². The average molecular weight is 266 g/mol. The fourth-order valence-electron chi connectivity index (χ4n) is 1.75. The number of anilines is 2. The van der Waals surface area contributed by atoms with E-state index in [9.17, 15) is 5.11 Å². The van der Waals surface area contributed by atoms with Crippen molar-refractivity contribution in [3.05, 3.63) is 18.6 Å². The van der Waals surface area contributed by atoms with Gasteiger partial charge >= 0.3 is 0 Å². The quantitative estimate of drug-likeness (QED) is 0.406. The normalized spacial score (nSPS) is 12.6. The smallest absolute Gasteiger partial charge is 0.180 e. The first-order valence-corrected chi connectivity index (χ1v) is 5.95. The third kappa shape index (κ3) is 3.31. The Kier molecular flexibility index (Phi) is 4.50. The third-order valence-electron chi connectivity index (χ3n) is 2.65. The number of imidazole rings is 1. The van der Waals surface area contributed by atoms with Crippen LogP contribution in [0.25, 0.3) is 5.65 Å². The van der Waals surface area contributed by atoms with Crippen molar-refractivity contribution in [1.29, 1.82) is 0 Å². The maximum Gasteiger partial charge on any atom is 0.180 e. The molecular formula is C11H18N6O2. The van der Waals surface area contributed by atoms with E-state index in [1.165, 1.54) is 0 Å². The topological polar surface area (TPSA) is 110 Å². The number of nitrogens with two attached hydrogens (primary N) is 1. The van der Waals surface area contributed by atoms with Gasteiger partial charge in [0.1, 0.15) is 0 Å². The Morgan fingerprint density at radius 3 is 3.16 bits per heavy atom. The molecule has 2 rings (SSSR count). The zero-order chi connectivity index (χ0) is 13.7. The minimum absolute atomic E-state index is 0.318. The van der Waals surface area contributed by atoms with Crippen LogP contribution < -0.4 is 16.6 Å². The number of nitrogen functional groups attached to an aromatic ring is 1. The minimum Gasteiger partial charge on any atom is -0.391 e. The molecule has 0 radical (unpaired) electrons. The summed E-state index contributed by atoms with van der Waals surface area (Å²) in [7, 11) is 1.56. The highest BCUT2D eigenvalue weighted by Crippen LogP contribution is 2.15. The molecule has 2 heterocycles. The second-order valence-electron chi connectivity index (χ2n) is 4.10. The molecule has 0 aliphatic carbocycles. The number of aliphatic hydroxyl groups excluding tert-OH is 1. The first-order chi connectivity index (χ1) is 9.24. The Labute approximate surface area is 110 Å². The third-order valence-corrected chi connectivity index (χ3v) is 2.65. The van der Waals surface area contributed by atoms with Crippen LogP contribution in [0, 0.1) is 0 Å². The van der Waals surface area contributed by atoms with Gasteiger partial charge in [-0.05, 0) is 6.42 Å². The number of aromatic nitrogens is 3. The Balaban J connectivity index is 2.04. The average Bonchev–Trinajstić information content (AvgIpc) is 2.87. The molecule has 0 aliphatic heterocycles. The van der Waals surface area contributed by atoms with Crippen LogP contribution in [0.3, 0.4) is 0 Å². The van der Waals surface area contributed by atoms with Gasteiger partial charge < -0.3 is 25.0 Å². The number of aliphatic hydroxyl groups is 1. The Morgan fingerprint density at radius 1 is 1.58 bits per heavy atom. The maximum atomic E-state index is 9.56. The molecule has 0 fully saturated rings. The van der Waals surface area contributed by atoms with Crippen molar-refractivity contribution in [2.45, 2.75) is 12.5 Å². The number of fused-ring (bicyclic) bond motifs is 1. The lowest BCUT2D eigenvalue weighted by atomic mass is 10.2. The fraction of sp³-hybridized carbons (Fsp3) is 0.455. The Morgan fingerprint density at radius 2 is 2.42 bits per heavy atom. The standard InChI is InChI=1S/C11H18N6O2/c1-19-7-8(18)2-3-13-10-11-14-4-5-17(11)6-9(15-10)16-12/h4-6,8,16,18H,2-3,7,12H2,1H3,(H,13,15). The monoisotopic (exact) mass is 266 g/mol. The lowest BCUT2D eigenvalue weighted by Crippen LogP contribution is -2.19. The summed E-state index contributed by atoms with van der Waals surface area (Å²) in [4.78, 5) is 8.50. The summed E-state index contributed by atoms with van der Waals surface area (Å²) < 4.78 is 6.68. The molecule has 2 aromatic rings. The molecular weight excluding hydrogens is 248 g/mol. The number of nitrogens with zero attached hydrogens (tertiary/aromatic N) is 3. The van der Waals surface area contributed by atoms with E-state index in [1.54, 1.807) is 19.5 Å². The second-order valence-corrected chi connectivity index (χ2v) is 4.10. The lowest BCUT2D eigenvalue weighted by molar-refractivity contribution is 0.0615. The lowest BCUT2D eigenvalue weighted by Gasteiger charge is -2.12. The van der Waals surface area contributed by atoms with Gasteiger partial charge in [-0.25, -0.2) is 15.8 Å². The van der Waals surface area contributed by atoms with Crippen LogP contribution in [0.5, 0.6) is 0 Å². The summed E-state index contributed by atoms with van der Waals surface area (Å²) in [6, 6.07) is 0. The Hall–Kier alpha value is -1.90. The molecule has 0 aliphatic rings. The molecule has 0 spiro atoms. The number of nitrogens with one attached hydrogen (secondary N) is 2. The number of rotatable bonds is 7. The van der Waals surface area contributed by atoms with Crippen LogP contribution in [0.1, 0.15) is 6.42 Å². The van der Waals surface area contributed by atoms with E-state index in [1.807, 2.05) is 10.6 Å². The molecule has 0 aromatic carbocycles. The van der Waals surface area contributed by atoms with E-state index in [0.29, 0.717) is 36.9 Å². The molecule has 19 heavy (non-hydrogen) atoms. The number of methoxy groups -OCH3 is 1. The molecule has 0 saturated carbocycles. The first-order valence-electron chi connectivity index (χ1n) is 5.95. The second kappa shape index (κ2) is 6.32. The van der Waals surface area contributed by atoms with Crippen molar-refractivity contribution in [3.8, 4) is 0 Å². The van der Waals surface area contributed by atoms with E-state index in [-0.39, 0.29) is 0 Å². The van der Waals surface area contributed by atoms with Crippen LogP contribution >= 0.6 is 0 Å². The molecule has 1 atom stereocenters. The van der Waals surface area contributed by atoms with Gasteiger partial charge in [0.25, 0.3) is 0 Å². The van der Waals surface area contributed by atoms with Crippen LogP contribution in [0.15, 0.2) is 18.6 Å². The minimum atomic E-state index is -0.496. The number of ether oxygens (including phenoxy) is 1. The summed E-state index contributed by atoms with van der Waals surface area (Å²) in [6.07, 6.45) is 5.30. The van der Waals surface area contributed by atoms with E-state index >= 15 is 0 Å². The summed E-state index contributed by atoms with van der Waals surface area (Å²) in [6.45, 7) is 0.881. The van der Waals surface area contributed by atoms with Crippen molar-refractivity contribution < 1.29 is 9.84 Å². The zero-order valence-corrected chi connectivity index (χ0v) is 10.7. The number of hydrazine groups is 1. The zero-order valence-electron chi connectivity index (χ0n) is 10.7. The van der Waals surface area contributed by atoms with Gasteiger partial charge in [-0.2, -0.15) is 0 Å². The van der Waals surface area contributed by atoms with Crippen molar-refractivity contribution in [1.82, 2.24) is 14.4 Å². The van der Waals surface area contributed by atoms with Gasteiger partial charge in [-0.1, -0.05) is 0 Å². The van der Waals surface area contributed by atoms with Crippen molar-refractivity contribution in [2.24, 2.45) is 5.84 Å². The fourth-order valence-corrected chi connectivity index (χ4v) is 1.75. The van der Waals surface area contributed by atoms with E-state index in [2.05, 4.69) is 20.7 Å². The highest BCUT2D eigenvalue weighted by atomic mass is 16.5. The predicted molar refractivity (Wildman–Crippen MR) is 71.8 cm³/mol. The molecule has 1 unspecified atom stereocenters. The van der Waals surface area contributed by atoms with Gasteiger partial charge in [0.2, 0.25) is 0 Å². The molecule has 5 N–H and O–H groups in total. The molecule has 2 aromatic heterocycles. The van der Waals surface area contributed by atoms with Gasteiger partial charge in [0.05, 0.1) is 18.9 Å². The summed E-state index contributed by atoms with van der Waals surface area (Å²) in [5.74, 6) is 6.51. The van der Waals surface area contributed by atoms with Gasteiger partial charge in [-0.3, -0.25) is 0 Å². The highest BCUT2D eigenvalue weighted by molar-refractivity contribution is 5.65. The number of hydrogen-bond donors (Lipinski definition) is 4. The maximum absolute atomic E-state index is 9.56. The highest BCUT2D eigenvalue weighted by Gasteiger charge is 2.08. The summed E-state index contributed by atoms with van der Waals surface area (Å²) >= 11 is 0. The summed E-state index contributed by atoms with van der Waals surface area (Å²) in [5, 5.41) is 12.7. The SMILES string of the molecule is COCC(O)CCNc1nc(NN)cn2ccnc12. The van der Waals surface area contributed by atoms with Crippen LogP contribution in [0.4, 0.5) is 11.6 Å². The van der Waals surface area contributed by atoms with Gasteiger partial charge in [0.15, 0.2) is 17.3 Å². The first kappa shape index (κ1) is 13.5. The van der Waals surface area contributed by atoms with Gasteiger partial charge in [0, 0.05) is 26.0 Å². The molecule has 0 amide bonds. The Bertz CT molecular complexity index is 529. The predicted octanol–water partition coefficient (Wildman–Crippen LogP) is -0.176. The van der Waals surface area contributed by atoms with Crippen LogP contribution in [0.2, 0.25) is 0 Å². The van der Waals surface area contributed by atoms with Crippen molar-refractivity contribution in [3.63, 3.8) is 0 Å². The van der Waals surface area contributed by atoms with Crippen LogP contribution in [-0.4, -0.2) is 45.8 Å². The van der Waals surface area contributed by atoms with E-state index < -0.39 is 6.10 Å². The summed E-state index contributed by atoms with van der Waals surface area (Å²) in [5.41, 5.74) is 3.21. The van der Waals surface area contributed by atoms with Crippen molar-refractivity contribution >= 4 is 17.3 Å². The van der Waals surface area contributed by atoms with E-state index in [0.717, 1.165) is 0 Å². The van der Waals surface area contributed by atoms with E-state index in [4.69, 9.17) is 10.6 Å². The molecule has 8 heteroatoms. The largest absolute Gasteiger partial charge is 0.391 e.